The van der Waals surface area contributed by atoms with E-state index in [0.29, 0.717) is 22.5 Å². The minimum absolute atomic E-state index is 0.105. The van der Waals surface area contributed by atoms with E-state index in [2.05, 4.69) is 6.92 Å². The summed E-state index contributed by atoms with van der Waals surface area (Å²) in [4.78, 5) is 29.8. The fourth-order valence-corrected chi connectivity index (χ4v) is 5.05. The Labute approximate surface area is 214 Å². The number of carbonyl (C=O) groups excluding carboxylic acids is 1. The molecule has 2 aromatic carbocycles. The van der Waals surface area contributed by atoms with Crippen molar-refractivity contribution in [1.29, 1.82) is 0 Å². The summed E-state index contributed by atoms with van der Waals surface area (Å²) in [6.45, 7) is 7.93. The molecule has 36 heavy (non-hydrogen) atoms. The van der Waals surface area contributed by atoms with E-state index in [-0.39, 0.29) is 16.2 Å². The van der Waals surface area contributed by atoms with Crippen LogP contribution in [0.15, 0.2) is 48.5 Å². The standard InChI is InChI=1S/C28H30N2O5S/c1-5-6-11-21-29-25-22(23(31)24(36-25)27(34)35-28(2,3)4)30(21)16-17-12-14-18(15-13-17)19-9-7-8-10-20(19)26(32)33/h7-10,12-15,31H,5-6,11,16H2,1-4H3,(H,32,33). The first-order chi connectivity index (χ1) is 17.1. The second-order valence-corrected chi connectivity index (χ2v) is 10.7. The molecule has 0 aliphatic carbocycles. The first-order valence-corrected chi connectivity index (χ1v) is 12.8. The fourth-order valence-electron chi connectivity index (χ4n) is 4.08. The summed E-state index contributed by atoms with van der Waals surface area (Å²) in [5, 5.41) is 20.5. The number of aromatic hydroxyl groups is 1. The Hall–Kier alpha value is -3.65. The molecule has 0 saturated heterocycles. The van der Waals surface area contributed by atoms with Gasteiger partial charge in [-0.2, -0.15) is 0 Å². The predicted molar refractivity (Wildman–Crippen MR) is 141 cm³/mol. The molecule has 0 unspecified atom stereocenters. The molecule has 0 fully saturated rings. The number of esters is 1. The third kappa shape index (κ3) is 5.28. The van der Waals surface area contributed by atoms with Crippen molar-refractivity contribution in [1.82, 2.24) is 9.55 Å². The van der Waals surface area contributed by atoms with Gasteiger partial charge in [0.25, 0.3) is 0 Å². The average molecular weight is 507 g/mol. The van der Waals surface area contributed by atoms with Crippen LogP contribution in [0.1, 0.15) is 72.0 Å². The lowest BCUT2D eigenvalue weighted by atomic mass is 9.99. The van der Waals surface area contributed by atoms with Crippen LogP contribution in [-0.2, 0) is 17.7 Å². The Morgan fingerprint density at radius 1 is 1.08 bits per heavy atom. The number of hydrogen-bond acceptors (Lipinski definition) is 6. The summed E-state index contributed by atoms with van der Waals surface area (Å²) in [5.41, 5.74) is 2.54. The van der Waals surface area contributed by atoms with Gasteiger partial charge in [0.05, 0.1) is 5.56 Å². The molecule has 4 aromatic rings. The maximum atomic E-state index is 12.7. The first-order valence-electron chi connectivity index (χ1n) is 11.9. The number of imidazole rings is 1. The molecule has 0 radical (unpaired) electrons. The molecule has 0 amide bonds. The Morgan fingerprint density at radius 3 is 2.42 bits per heavy atom. The van der Waals surface area contributed by atoms with Crippen LogP contribution in [0.4, 0.5) is 0 Å². The minimum Gasteiger partial charge on any atom is -0.504 e. The number of nitrogens with zero attached hydrogens (tertiary/aromatic N) is 2. The van der Waals surface area contributed by atoms with Crippen molar-refractivity contribution in [2.75, 3.05) is 0 Å². The topological polar surface area (TPSA) is 102 Å². The van der Waals surface area contributed by atoms with Gasteiger partial charge in [0.1, 0.15) is 21.8 Å². The number of fused-ring (bicyclic) bond motifs is 1. The van der Waals surface area contributed by atoms with Crippen LogP contribution in [-0.4, -0.2) is 37.3 Å². The predicted octanol–water partition coefficient (Wildman–Crippen LogP) is 6.51. The number of thiophene rings is 1. The lowest BCUT2D eigenvalue weighted by molar-refractivity contribution is 0.00726. The number of carboxylic acids is 1. The zero-order valence-electron chi connectivity index (χ0n) is 20.9. The minimum atomic E-state index is -0.968. The number of aryl methyl sites for hydroxylation is 1. The van der Waals surface area contributed by atoms with Crippen LogP contribution < -0.4 is 0 Å². The zero-order valence-corrected chi connectivity index (χ0v) is 21.7. The molecule has 2 N–H and O–H groups in total. The third-order valence-electron chi connectivity index (χ3n) is 5.75. The van der Waals surface area contributed by atoms with Crippen molar-refractivity contribution in [3.05, 3.63) is 70.4 Å². The van der Waals surface area contributed by atoms with Crippen LogP contribution in [0.5, 0.6) is 5.75 Å². The van der Waals surface area contributed by atoms with E-state index in [1.54, 1.807) is 39.0 Å². The zero-order chi connectivity index (χ0) is 26.0. The van der Waals surface area contributed by atoms with E-state index in [4.69, 9.17) is 9.72 Å². The highest BCUT2D eigenvalue weighted by Gasteiger charge is 2.28. The normalized spacial score (nSPS) is 11.7. The third-order valence-corrected chi connectivity index (χ3v) is 6.80. The number of carbonyl (C=O) groups is 2. The molecular formula is C28H30N2O5S. The molecule has 0 spiro atoms. The molecule has 2 heterocycles. The average Bonchev–Trinajstić information content (AvgIpc) is 3.33. The van der Waals surface area contributed by atoms with Gasteiger partial charge in [0.2, 0.25) is 0 Å². The van der Waals surface area contributed by atoms with Crippen molar-refractivity contribution in [3.8, 4) is 16.9 Å². The van der Waals surface area contributed by atoms with Gasteiger partial charge in [-0.15, -0.1) is 11.3 Å². The van der Waals surface area contributed by atoms with Crippen molar-refractivity contribution < 1.29 is 24.5 Å². The molecule has 0 aliphatic rings. The number of aromatic nitrogens is 2. The number of carboxylic acid groups (broad SMARTS) is 1. The first kappa shape index (κ1) is 25.4. The Kier molecular flexibility index (Phi) is 7.17. The van der Waals surface area contributed by atoms with Crippen LogP contribution in [0.25, 0.3) is 21.5 Å². The Balaban J connectivity index is 1.70. The number of aromatic carboxylic acids is 1. The van der Waals surface area contributed by atoms with E-state index in [1.165, 1.54) is 0 Å². The molecule has 2 aromatic heterocycles. The lowest BCUT2D eigenvalue weighted by Crippen LogP contribution is -2.23. The summed E-state index contributed by atoms with van der Waals surface area (Å²) in [5.74, 6) is -0.785. The number of ether oxygens (including phenoxy) is 1. The van der Waals surface area contributed by atoms with Crippen LogP contribution in [0.2, 0.25) is 0 Å². The largest absolute Gasteiger partial charge is 0.504 e. The maximum Gasteiger partial charge on any atom is 0.352 e. The van der Waals surface area contributed by atoms with Gasteiger partial charge in [-0.25, -0.2) is 14.6 Å². The number of benzene rings is 2. The van der Waals surface area contributed by atoms with Gasteiger partial charge >= 0.3 is 11.9 Å². The van der Waals surface area contributed by atoms with E-state index in [1.807, 2.05) is 34.9 Å². The summed E-state index contributed by atoms with van der Waals surface area (Å²) >= 11 is 1.14. The van der Waals surface area contributed by atoms with Crippen molar-refractivity contribution in [3.63, 3.8) is 0 Å². The van der Waals surface area contributed by atoms with E-state index in [9.17, 15) is 19.8 Å². The van der Waals surface area contributed by atoms with Crippen molar-refractivity contribution in [2.24, 2.45) is 0 Å². The fraction of sp³-hybridized carbons (Fsp3) is 0.321. The number of hydrogen-bond donors (Lipinski definition) is 2. The van der Waals surface area contributed by atoms with Gasteiger partial charge in [0.15, 0.2) is 10.6 Å². The van der Waals surface area contributed by atoms with Crippen LogP contribution in [0, 0.1) is 0 Å². The van der Waals surface area contributed by atoms with Gasteiger partial charge < -0.3 is 19.5 Å². The van der Waals surface area contributed by atoms with E-state index >= 15 is 0 Å². The maximum absolute atomic E-state index is 12.7. The van der Waals surface area contributed by atoms with Crippen LogP contribution >= 0.6 is 11.3 Å². The van der Waals surface area contributed by atoms with Crippen molar-refractivity contribution in [2.45, 2.75) is 59.1 Å². The molecule has 0 bridgehead atoms. The summed E-state index contributed by atoms with van der Waals surface area (Å²) < 4.78 is 7.43. The summed E-state index contributed by atoms with van der Waals surface area (Å²) in [6, 6.07) is 14.6. The van der Waals surface area contributed by atoms with E-state index in [0.717, 1.165) is 47.6 Å². The van der Waals surface area contributed by atoms with Crippen molar-refractivity contribution >= 4 is 33.6 Å². The molecule has 7 nitrogen and oxygen atoms in total. The molecule has 0 aliphatic heterocycles. The number of unbranched alkanes of at least 4 members (excludes halogenated alkanes) is 1. The quantitative estimate of drug-likeness (QED) is 0.264. The molecule has 8 heteroatoms. The monoisotopic (exact) mass is 506 g/mol. The van der Waals surface area contributed by atoms with Gasteiger partial charge in [-0.05, 0) is 49.9 Å². The Morgan fingerprint density at radius 2 is 1.78 bits per heavy atom. The smallest absolute Gasteiger partial charge is 0.352 e. The highest BCUT2D eigenvalue weighted by Crippen LogP contribution is 2.39. The van der Waals surface area contributed by atoms with E-state index < -0.39 is 17.5 Å². The number of rotatable bonds is 8. The molecular weight excluding hydrogens is 476 g/mol. The summed E-state index contributed by atoms with van der Waals surface area (Å²) in [6.07, 6.45) is 2.71. The highest BCUT2D eigenvalue weighted by molar-refractivity contribution is 7.20. The van der Waals surface area contributed by atoms with Gasteiger partial charge in [-0.1, -0.05) is 55.8 Å². The molecule has 188 valence electrons. The van der Waals surface area contributed by atoms with Crippen LogP contribution in [0.3, 0.4) is 0 Å². The highest BCUT2D eigenvalue weighted by atomic mass is 32.1. The summed E-state index contributed by atoms with van der Waals surface area (Å²) in [7, 11) is 0. The molecule has 0 atom stereocenters. The molecule has 0 saturated carbocycles. The second-order valence-electron chi connectivity index (χ2n) is 9.70. The lowest BCUT2D eigenvalue weighted by Gasteiger charge is -2.18. The Bertz CT molecular complexity index is 1410. The van der Waals surface area contributed by atoms with Gasteiger partial charge in [0, 0.05) is 13.0 Å². The SMILES string of the molecule is CCCCc1nc2sc(C(=O)OC(C)(C)C)c(O)c2n1Cc1ccc(-c2ccccc2C(=O)O)cc1. The second kappa shape index (κ2) is 10.1. The molecule has 4 rings (SSSR count). The van der Waals surface area contributed by atoms with Gasteiger partial charge in [-0.3, -0.25) is 0 Å².